The second-order valence-electron chi connectivity index (χ2n) is 5.44. The molecule has 0 aromatic rings. The van der Waals surface area contributed by atoms with Crippen molar-refractivity contribution in [1.82, 2.24) is 0 Å². The Balaban J connectivity index is 1.64. The van der Waals surface area contributed by atoms with Crippen LogP contribution in [0.5, 0.6) is 0 Å². The average molecular weight is 211 g/mol. The van der Waals surface area contributed by atoms with E-state index < -0.39 is 0 Å². The fourth-order valence-electron chi connectivity index (χ4n) is 6.33. The summed E-state index contributed by atoms with van der Waals surface area (Å²) in [5.41, 5.74) is 0.970. The van der Waals surface area contributed by atoms with Crippen LogP contribution in [0.4, 0.5) is 0 Å². The molecule has 1 heteroatoms. The summed E-state index contributed by atoms with van der Waals surface area (Å²) in [4.78, 5) is 0. The summed E-state index contributed by atoms with van der Waals surface area (Å²) in [5, 5.41) is 1.27. The third-order valence-corrected chi connectivity index (χ3v) is 6.61. The van der Waals surface area contributed by atoms with Crippen LogP contribution in [-0.4, -0.2) is 5.33 Å². The highest BCUT2D eigenvalue weighted by Crippen LogP contribution is 3.06. The third-order valence-electron chi connectivity index (χ3n) is 6.21. The molecular weight excluding hydrogens is 200 g/mol. The molecule has 6 aliphatic carbocycles. The maximum atomic E-state index is 3.61. The first-order valence-electron chi connectivity index (χ1n) is 4.99. The Morgan fingerprint density at radius 1 is 0.909 bits per heavy atom. The van der Waals surface area contributed by atoms with Gasteiger partial charge in [-0.2, -0.15) is 0 Å². The molecule has 6 rings (SSSR count). The quantitative estimate of drug-likeness (QED) is 0.614. The van der Waals surface area contributed by atoms with E-state index in [2.05, 4.69) is 15.9 Å². The molecule has 0 saturated heterocycles. The minimum Gasteiger partial charge on any atom is -0.0928 e. The summed E-state index contributed by atoms with van der Waals surface area (Å²) in [7, 11) is 0. The maximum absolute atomic E-state index is 3.61. The van der Waals surface area contributed by atoms with Gasteiger partial charge < -0.3 is 0 Å². The van der Waals surface area contributed by atoms with Crippen molar-refractivity contribution >= 4 is 15.9 Å². The summed E-state index contributed by atoms with van der Waals surface area (Å²) in [6, 6.07) is 0. The van der Waals surface area contributed by atoms with Crippen LogP contribution < -0.4 is 0 Å². The van der Waals surface area contributed by atoms with Gasteiger partial charge in [-0.3, -0.25) is 0 Å². The number of rotatable bonds is 2. The van der Waals surface area contributed by atoms with Crippen molar-refractivity contribution in [1.29, 1.82) is 0 Å². The first kappa shape index (κ1) is 5.26. The Morgan fingerprint density at radius 2 is 1.45 bits per heavy atom. The fourth-order valence-corrected chi connectivity index (χ4v) is 7.02. The lowest BCUT2D eigenvalue weighted by Crippen LogP contribution is -3.05. The van der Waals surface area contributed by atoms with Crippen LogP contribution in [0.25, 0.3) is 0 Å². The highest BCUT2D eigenvalue weighted by Gasteiger charge is 3.03. The van der Waals surface area contributed by atoms with E-state index in [0.717, 1.165) is 5.41 Å². The highest BCUT2D eigenvalue weighted by molar-refractivity contribution is 9.09. The van der Waals surface area contributed by atoms with E-state index in [0.29, 0.717) is 0 Å². The molecule has 0 radical (unpaired) electrons. The van der Waals surface area contributed by atoms with Gasteiger partial charge in [0, 0.05) is 5.33 Å². The minimum atomic E-state index is 0.970. The van der Waals surface area contributed by atoms with Gasteiger partial charge in [-0.1, -0.05) is 15.9 Å². The summed E-state index contributed by atoms with van der Waals surface area (Å²) in [5.74, 6) is 8.96. The molecule has 0 bridgehead atoms. The van der Waals surface area contributed by atoms with Gasteiger partial charge in [0.2, 0.25) is 0 Å². The standard InChI is InChI=1S/C10H11Br/c11-2-1-10-7-4-3-5(7)9(10)6(3)8(4)10/h3-9H,1-2H2. The van der Waals surface area contributed by atoms with E-state index in [1.165, 1.54) is 53.2 Å². The first-order valence-corrected chi connectivity index (χ1v) is 6.11. The van der Waals surface area contributed by atoms with E-state index >= 15 is 0 Å². The Bertz CT molecular complexity index is 232. The van der Waals surface area contributed by atoms with Crippen LogP contribution in [0.2, 0.25) is 0 Å². The van der Waals surface area contributed by atoms with Crippen molar-refractivity contribution in [2.75, 3.05) is 5.33 Å². The van der Waals surface area contributed by atoms with Crippen molar-refractivity contribution in [2.24, 2.45) is 46.8 Å². The van der Waals surface area contributed by atoms with Gasteiger partial charge in [-0.15, -0.1) is 0 Å². The summed E-state index contributed by atoms with van der Waals surface area (Å²) in [6.45, 7) is 0. The third kappa shape index (κ3) is 0.220. The molecule has 0 amide bonds. The Morgan fingerprint density at radius 3 is 1.91 bits per heavy atom. The van der Waals surface area contributed by atoms with Crippen LogP contribution in [-0.2, 0) is 0 Å². The zero-order valence-electron chi connectivity index (χ0n) is 6.33. The topological polar surface area (TPSA) is 0 Å². The predicted molar refractivity (Wildman–Crippen MR) is 45.3 cm³/mol. The van der Waals surface area contributed by atoms with Crippen LogP contribution in [0.15, 0.2) is 0 Å². The normalized spacial score (nSPS) is 88.6. The van der Waals surface area contributed by atoms with Gasteiger partial charge in [0.15, 0.2) is 0 Å². The fraction of sp³-hybridized carbons (Fsp3) is 1.00. The molecular formula is C10H11Br. The number of alkyl halides is 1. The van der Waals surface area contributed by atoms with Crippen LogP contribution >= 0.6 is 15.9 Å². The van der Waals surface area contributed by atoms with E-state index in [-0.39, 0.29) is 0 Å². The zero-order chi connectivity index (χ0) is 6.96. The number of halogens is 1. The van der Waals surface area contributed by atoms with Crippen molar-refractivity contribution < 1.29 is 0 Å². The smallest absolute Gasteiger partial charge is 0.00369 e. The molecule has 6 aliphatic rings. The van der Waals surface area contributed by atoms with E-state index in [1.54, 1.807) is 0 Å². The van der Waals surface area contributed by atoms with Gasteiger partial charge in [-0.25, -0.2) is 0 Å². The average Bonchev–Trinajstić information content (AvgIpc) is 2.06. The van der Waals surface area contributed by atoms with Crippen LogP contribution in [0, 0.1) is 46.8 Å². The summed E-state index contributed by atoms with van der Waals surface area (Å²) < 4.78 is 0. The molecule has 0 aromatic carbocycles. The SMILES string of the molecule is BrCCC12C3C4C5C3C1C5C42. The second kappa shape index (κ2) is 1.08. The van der Waals surface area contributed by atoms with Crippen molar-refractivity contribution in [3.63, 3.8) is 0 Å². The lowest BCUT2D eigenvalue weighted by atomic mass is 8.96. The second-order valence-corrected chi connectivity index (χ2v) is 6.23. The molecule has 0 aliphatic heterocycles. The Hall–Kier alpha value is 0.480. The van der Waals surface area contributed by atoms with Gasteiger partial charge in [0.1, 0.15) is 0 Å². The van der Waals surface area contributed by atoms with Crippen LogP contribution in [0.3, 0.4) is 0 Å². The summed E-state index contributed by atoms with van der Waals surface area (Å²) >= 11 is 3.61. The molecule has 58 valence electrons. The van der Waals surface area contributed by atoms with E-state index in [9.17, 15) is 0 Å². The van der Waals surface area contributed by atoms with Crippen molar-refractivity contribution in [2.45, 2.75) is 6.42 Å². The Labute approximate surface area is 74.9 Å². The van der Waals surface area contributed by atoms with Gasteiger partial charge >= 0.3 is 0 Å². The van der Waals surface area contributed by atoms with E-state index in [1.807, 2.05) is 0 Å². The highest BCUT2D eigenvalue weighted by atomic mass is 79.9. The number of hydrogen-bond acceptors (Lipinski definition) is 0. The molecule has 6 saturated carbocycles. The van der Waals surface area contributed by atoms with Crippen molar-refractivity contribution in [3.8, 4) is 0 Å². The molecule has 0 unspecified atom stereocenters. The lowest BCUT2D eigenvalue weighted by molar-refractivity contribution is -0.615. The first-order chi connectivity index (χ1) is 5.43. The maximum Gasteiger partial charge on any atom is 0.00369 e. The molecule has 0 spiro atoms. The van der Waals surface area contributed by atoms with Gasteiger partial charge in [-0.05, 0) is 53.3 Å². The molecule has 6 fully saturated rings. The summed E-state index contributed by atoms with van der Waals surface area (Å²) in [6.07, 6.45) is 1.52. The zero-order valence-corrected chi connectivity index (χ0v) is 7.92. The van der Waals surface area contributed by atoms with Gasteiger partial charge in [0.05, 0.1) is 0 Å². The van der Waals surface area contributed by atoms with Crippen LogP contribution in [0.1, 0.15) is 6.42 Å². The molecule has 0 heterocycles. The molecule has 11 heavy (non-hydrogen) atoms. The number of hydrogen-bond donors (Lipinski definition) is 0. The molecule has 0 aromatic heterocycles. The van der Waals surface area contributed by atoms with E-state index in [4.69, 9.17) is 0 Å². The van der Waals surface area contributed by atoms with Gasteiger partial charge in [0.25, 0.3) is 0 Å². The monoisotopic (exact) mass is 210 g/mol. The minimum absolute atomic E-state index is 0.970. The Kier molecular flexibility index (Phi) is 0.518. The molecule has 0 nitrogen and oxygen atoms in total. The molecule has 0 atom stereocenters. The largest absolute Gasteiger partial charge is 0.0928 e. The van der Waals surface area contributed by atoms with Crippen molar-refractivity contribution in [3.05, 3.63) is 0 Å². The molecule has 0 N–H and O–H groups in total. The predicted octanol–water partition coefficient (Wildman–Crippen LogP) is 2.14. The lowest BCUT2D eigenvalue weighted by Gasteiger charge is -3.08.